The molecule has 2 rings (SSSR count). The van der Waals surface area contributed by atoms with Crippen LogP contribution in [-0.4, -0.2) is 39.5 Å². The molecule has 0 spiro atoms. The average molecular weight is 256 g/mol. The lowest BCUT2D eigenvalue weighted by molar-refractivity contribution is 0.0694. The fraction of sp³-hybridized carbons (Fsp3) is 0.545. The number of nitrogens with zero attached hydrogens (tertiary/aromatic N) is 2. The van der Waals surface area contributed by atoms with Crippen LogP contribution in [0.25, 0.3) is 0 Å². The molecule has 6 heteroatoms. The molecule has 2 atom stereocenters. The topological polar surface area (TPSA) is 66.1 Å². The molecule has 1 aliphatic heterocycles. The van der Waals surface area contributed by atoms with Gasteiger partial charge >= 0.3 is 0 Å². The Kier molecular flexibility index (Phi) is 3.47. The van der Waals surface area contributed by atoms with Gasteiger partial charge in [0.1, 0.15) is 5.69 Å². The molecule has 5 nitrogen and oxygen atoms in total. The van der Waals surface area contributed by atoms with E-state index < -0.39 is 0 Å². The zero-order valence-electron chi connectivity index (χ0n) is 9.52. The summed E-state index contributed by atoms with van der Waals surface area (Å²) in [4.78, 5) is 24.6. The second-order valence-corrected chi connectivity index (χ2v) is 4.90. The van der Waals surface area contributed by atoms with E-state index in [1.807, 2.05) is 0 Å². The lowest BCUT2D eigenvalue weighted by atomic mass is 9.98. The lowest BCUT2D eigenvalue weighted by Crippen LogP contribution is -2.44. The molecule has 0 radical (unpaired) electrons. The van der Waals surface area contributed by atoms with Gasteiger partial charge in [0, 0.05) is 19.2 Å². The van der Waals surface area contributed by atoms with Crippen LogP contribution >= 0.6 is 11.6 Å². The van der Waals surface area contributed by atoms with E-state index in [0.29, 0.717) is 19.0 Å². The molecule has 92 valence electrons. The Morgan fingerprint density at radius 1 is 1.59 bits per heavy atom. The number of amides is 1. The molecule has 2 heterocycles. The maximum absolute atomic E-state index is 12.0. The minimum Gasteiger partial charge on any atom is -0.336 e. The van der Waals surface area contributed by atoms with Gasteiger partial charge in [-0.25, -0.2) is 5.10 Å². The molecule has 1 aliphatic rings. The number of H-pyrrole nitrogens is 1. The quantitative estimate of drug-likeness (QED) is 0.757. The Balaban J connectivity index is 2.10. The third-order valence-electron chi connectivity index (χ3n) is 3.05. The number of halogens is 1. The number of aromatic amines is 1. The fourth-order valence-electron chi connectivity index (χ4n) is 1.83. The molecular weight excluding hydrogens is 242 g/mol. The van der Waals surface area contributed by atoms with Crippen LogP contribution in [-0.2, 0) is 0 Å². The van der Waals surface area contributed by atoms with Crippen LogP contribution < -0.4 is 5.56 Å². The van der Waals surface area contributed by atoms with Crippen molar-refractivity contribution in [3.63, 3.8) is 0 Å². The molecule has 1 N–H and O–H groups in total. The van der Waals surface area contributed by atoms with E-state index >= 15 is 0 Å². The van der Waals surface area contributed by atoms with Gasteiger partial charge in [0.25, 0.3) is 11.5 Å². The van der Waals surface area contributed by atoms with Crippen LogP contribution in [0, 0.1) is 5.92 Å². The summed E-state index contributed by atoms with van der Waals surface area (Å²) in [6.45, 7) is 3.30. The normalized spacial score (nSPS) is 24.7. The second-order valence-electron chi connectivity index (χ2n) is 4.34. The lowest BCUT2D eigenvalue weighted by Gasteiger charge is -2.33. The number of hydrogen-bond acceptors (Lipinski definition) is 3. The molecule has 0 saturated carbocycles. The number of nitrogens with one attached hydrogen (secondary N) is 1. The van der Waals surface area contributed by atoms with Gasteiger partial charge in [-0.2, -0.15) is 5.10 Å². The number of carbonyl (C=O) groups is 1. The highest BCUT2D eigenvalue weighted by Gasteiger charge is 2.28. The Morgan fingerprint density at radius 3 is 2.94 bits per heavy atom. The van der Waals surface area contributed by atoms with Crippen LogP contribution in [0.5, 0.6) is 0 Å². The van der Waals surface area contributed by atoms with Crippen molar-refractivity contribution in [3.8, 4) is 0 Å². The van der Waals surface area contributed by atoms with Crippen molar-refractivity contribution in [2.24, 2.45) is 5.92 Å². The molecule has 1 aromatic heterocycles. The number of rotatable bonds is 1. The van der Waals surface area contributed by atoms with Gasteiger partial charge < -0.3 is 4.90 Å². The monoisotopic (exact) mass is 255 g/mol. The van der Waals surface area contributed by atoms with E-state index in [1.165, 1.54) is 12.1 Å². The Morgan fingerprint density at radius 2 is 2.35 bits per heavy atom. The van der Waals surface area contributed by atoms with Crippen molar-refractivity contribution < 1.29 is 4.79 Å². The molecule has 1 aromatic rings. The van der Waals surface area contributed by atoms with Gasteiger partial charge in [-0.05, 0) is 18.4 Å². The summed E-state index contributed by atoms with van der Waals surface area (Å²) in [5.74, 6) is 0.239. The largest absolute Gasteiger partial charge is 0.336 e. The smallest absolute Gasteiger partial charge is 0.274 e. The van der Waals surface area contributed by atoms with E-state index in [9.17, 15) is 9.59 Å². The van der Waals surface area contributed by atoms with Crippen LogP contribution in [0.1, 0.15) is 23.8 Å². The molecular formula is C11H14ClN3O2. The first kappa shape index (κ1) is 12.1. The summed E-state index contributed by atoms with van der Waals surface area (Å²) >= 11 is 6.15. The van der Waals surface area contributed by atoms with Gasteiger partial charge in [-0.3, -0.25) is 9.59 Å². The summed E-state index contributed by atoms with van der Waals surface area (Å²) in [5, 5.41) is 5.96. The van der Waals surface area contributed by atoms with Crippen LogP contribution in [0.15, 0.2) is 16.9 Å². The van der Waals surface area contributed by atoms with Gasteiger partial charge in [-0.1, -0.05) is 6.92 Å². The Hall–Kier alpha value is -1.36. The summed E-state index contributed by atoms with van der Waals surface area (Å²) in [6, 6.07) is 2.73. The predicted molar refractivity (Wildman–Crippen MR) is 64.2 cm³/mol. The number of hydrogen-bond donors (Lipinski definition) is 1. The van der Waals surface area contributed by atoms with Crippen LogP contribution in [0.2, 0.25) is 0 Å². The first-order valence-corrected chi connectivity index (χ1v) is 6.00. The Bertz CT molecular complexity index is 454. The minimum atomic E-state index is -0.316. The third kappa shape index (κ3) is 2.66. The molecule has 1 saturated heterocycles. The number of alkyl halides is 1. The molecule has 0 aliphatic carbocycles. The average Bonchev–Trinajstić information content (AvgIpc) is 2.33. The summed E-state index contributed by atoms with van der Waals surface area (Å²) < 4.78 is 0. The maximum atomic E-state index is 12.0. The zero-order valence-corrected chi connectivity index (χ0v) is 10.3. The highest BCUT2D eigenvalue weighted by Crippen LogP contribution is 2.22. The van der Waals surface area contributed by atoms with E-state index in [0.717, 1.165) is 6.42 Å². The predicted octanol–water partition coefficient (Wildman–Crippen LogP) is 0.859. The van der Waals surface area contributed by atoms with E-state index in [2.05, 4.69) is 17.1 Å². The maximum Gasteiger partial charge on any atom is 0.274 e. The summed E-state index contributed by atoms with van der Waals surface area (Å²) in [5.41, 5.74) is -0.0629. The standard InChI is InChI=1S/C11H14ClN3O2/c1-7-4-5-15(6-8(7)12)11(17)9-2-3-10(16)14-13-9/h2-3,7-8H,4-6H2,1H3,(H,14,16). The SMILES string of the molecule is CC1CCN(C(=O)c2ccc(=O)[nH]n2)CC1Cl. The number of likely N-dealkylation sites (tertiary alicyclic amines) is 1. The summed E-state index contributed by atoms with van der Waals surface area (Å²) in [6.07, 6.45) is 0.892. The second kappa shape index (κ2) is 4.87. The third-order valence-corrected chi connectivity index (χ3v) is 3.62. The van der Waals surface area contributed by atoms with E-state index in [1.54, 1.807) is 4.90 Å². The molecule has 1 amide bonds. The number of piperidine rings is 1. The number of carbonyl (C=O) groups excluding carboxylic acids is 1. The minimum absolute atomic E-state index is 0.0181. The van der Waals surface area contributed by atoms with Crippen molar-refractivity contribution in [3.05, 3.63) is 28.2 Å². The van der Waals surface area contributed by atoms with Crippen LogP contribution in [0.4, 0.5) is 0 Å². The molecule has 0 aromatic carbocycles. The van der Waals surface area contributed by atoms with Gasteiger partial charge in [0.15, 0.2) is 0 Å². The first-order chi connectivity index (χ1) is 8.08. The van der Waals surface area contributed by atoms with Gasteiger partial charge in [-0.15, -0.1) is 11.6 Å². The van der Waals surface area contributed by atoms with Gasteiger partial charge in [0.05, 0.1) is 5.38 Å². The Labute approximate surface area is 104 Å². The number of aromatic nitrogens is 2. The molecule has 0 bridgehead atoms. The van der Waals surface area contributed by atoms with E-state index in [4.69, 9.17) is 11.6 Å². The fourth-order valence-corrected chi connectivity index (χ4v) is 2.12. The van der Waals surface area contributed by atoms with Crippen LogP contribution in [0.3, 0.4) is 0 Å². The summed E-state index contributed by atoms with van der Waals surface area (Å²) in [7, 11) is 0. The van der Waals surface area contributed by atoms with Crippen molar-refractivity contribution in [1.82, 2.24) is 15.1 Å². The van der Waals surface area contributed by atoms with Crippen molar-refractivity contribution >= 4 is 17.5 Å². The zero-order chi connectivity index (χ0) is 12.4. The van der Waals surface area contributed by atoms with Crippen molar-refractivity contribution in [2.75, 3.05) is 13.1 Å². The van der Waals surface area contributed by atoms with E-state index in [-0.39, 0.29) is 22.5 Å². The van der Waals surface area contributed by atoms with Crippen molar-refractivity contribution in [2.45, 2.75) is 18.7 Å². The molecule has 2 unspecified atom stereocenters. The highest BCUT2D eigenvalue weighted by molar-refractivity contribution is 6.21. The first-order valence-electron chi connectivity index (χ1n) is 5.57. The van der Waals surface area contributed by atoms with Gasteiger partial charge in [0.2, 0.25) is 0 Å². The molecule has 17 heavy (non-hydrogen) atoms. The highest BCUT2D eigenvalue weighted by atomic mass is 35.5. The molecule has 1 fully saturated rings. The van der Waals surface area contributed by atoms with Crippen molar-refractivity contribution in [1.29, 1.82) is 0 Å².